The van der Waals surface area contributed by atoms with Crippen LogP contribution >= 0.6 is 0 Å². The van der Waals surface area contributed by atoms with Gasteiger partial charge in [-0.15, -0.1) is 0 Å². The summed E-state index contributed by atoms with van der Waals surface area (Å²) in [5.74, 6) is 0. The van der Waals surface area contributed by atoms with Gasteiger partial charge in [0.15, 0.2) is 6.73 Å². The summed E-state index contributed by atoms with van der Waals surface area (Å²) in [4.78, 5) is 2.22. The maximum absolute atomic E-state index is 5.47. The third-order valence-electron chi connectivity index (χ3n) is 3.38. The van der Waals surface area contributed by atoms with Crippen LogP contribution in [0.15, 0.2) is 54.8 Å². The molecule has 17 heavy (non-hydrogen) atoms. The minimum Gasteiger partial charge on any atom is -0.478 e. The molecule has 0 atom stereocenters. The van der Waals surface area contributed by atoms with Crippen molar-refractivity contribution in [2.75, 3.05) is 11.6 Å². The number of rotatable bonds is 0. The maximum Gasteiger partial charge on any atom is 0.165 e. The zero-order valence-corrected chi connectivity index (χ0v) is 9.26. The Morgan fingerprint density at radius 3 is 2.41 bits per heavy atom. The molecule has 0 N–H and O–H groups in total. The van der Waals surface area contributed by atoms with Gasteiger partial charge in [0.2, 0.25) is 0 Å². The van der Waals surface area contributed by atoms with Crippen LogP contribution in [-0.2, 0) is 4.74 Å². The van der Waals surface area contributed by atoms with Gasteiger partial charge in [0.05, 0.1) is 11.4 Å². The minimum absolute atomic E-state index is 0.612. The summed E-state index contributed by atoms with van der Waals surface area (Å²) in [6.45, 7) is 0.612. The highest BCUT2D eigenvalue weighted by molar-refractivity contribution is 5.99. The van der Waals surface area contributed by atoms with E-state index in [2.05, 4.69) is 53.4 Å². The number of anilines is 1. The molecule has 2 aromatic rings. The lowest BCUT2D eigenvalue weighted by molar-refractivity contribution is 0.282. The molecule has 2 heteroatoms. The zero-order chi connectivity index (χ0) is 11.2. The Labute approximate surface area is 99.8 Å². The number of para-hydroxylation sites is 1. The second-order valence-corrected chi connectivity index (χ2v) is 4.29. The summed E-state index contributed by atoms with van der Waals surface area (Å²) in [6, 6.07) is 17.0. The summed E-state index contributed by atoms with van der Waals surface area (Å²) < 4.78 is 5.47. The lowest BCUT2D eigenvalue weighted by Crippen LogP contribution is -2.22. The predicted octanol–water partition coefficient (Wildman–Crippen LogP) is 3.46. The normalized spacial score (nSPS) is 15.5. The van der Waals surface area contributed by atoms with Gasteiger partial charge in [-0.05, 0) is 11.6 Å². The smallest absolute Gasteiger partial charge is 0.165 e. The summed E-state index contributed by atoms with van der Waals surface area (Å²) in [5, 5.41) is 0. The van der Waals surface area contributed by atoms with Crippen LogP contribution in [0.3, 0.4) is 0 Å². The van der Waals surface area contributed by atoms with E-state index in [0.29, 0.717) is 6.73 Å². The molecule has 0 saturated carbocycles. The summed E-state index contributed by atoms with van der Waals surface area (Å²) >= 11 is 0. The fourth-order valence-corrected chi connectivity index (χ4v) is 2.61. The Balaban J connectivity index is 2.10. The van der Waals surface area contributed by atoms with Gasteiger partial charge in [0, 0.05) is 11.1 Å². The van der Waals surface area contributed by atoms with Crippen LogP contribution in [-0.4, -0.2) is 6.73 Å². The molecular weight excluding hydrogens is 210 g/mol. The van der Waals surface area contributed by atoms with Gasteiger partial charge in [0.1, 0.15) is 6.26 Å². The summed E-state index contributed by atoms with van der Waals surface area (Å²) in [5.41, 5.74) is 6.22. The average molecular weight is 221 g/mol. The van der Waals surface area contributed by atoms with Crippen molar-refractivity contribution in [1.29, 1.82) is 0 Å². The van der Waals surface area contributed by atoms with Crippen molar-refractivity contribution in [2.24, 2.45) is 0 Å². The average Bonchev–Trinajstić information content (AvgIpc) is 2.89. The van der Waals surface area contributed by atoms with Gasteiger partial charge in [-0.25, -0.2) is 0 Å². The molecule has 4 rings (SSSR count). The molecule has 2 nitrogen and oxygen atoms in total. The van der Waals surface area contributed by atoms with Crippen LogP contribution in [0.2, 0.25) is 0 Å². The monoisotopic (exact) mass is 221 g/mol. The van der Waals surface area contributed by atoms with E-state index in [9.17, 15) is 0 Å². The van der Waals surface area contributed by atoms with E-state index in [1.807, 2.05) is 6.26 Å². The number of hydrogen-bond donors (Lipinski definition) is 0. The second kappa shape index (κ2) is 3.14. The standard InChI is InChI=1S/C15H11NO/c1-2-7-13-11(5-1)12-6-3-4-8-14(12)16-10-17-9-15(13)16/h1-9H,10H2. The van der Waals surface area contributed by atoms with Gasteiger partial charge in [0.25, 0.3) is 0 Å². The lowest BCUT2D eigenvalue weighted by Gasteiger charge is -2.29. The van der Waals surface area contributed by atoms with Gasteiger partial charge in [-0.2, -0.15) is 0 Å². The van der Waals surface area contributed by atoms with Crippen LogP contribution in [0.4, 0.5) is 5.69 Å². The predicted molar refractivity (Wildman–Crippen MR) is 68.3 cm³/mol. The molecule has 2 aliphatic rings. The van der Waals surface area contributed by atoms with Crippen molar-refractivity contribution < 1.29 is 4.74 Å². The molecule has 0 fully saturated rings. The van der Waals surface area contributed by atoms with Crippen LogP contribution < -0.4 is 4.90 Å². The summed E-state index contributed by atoms with van der Waals surface area (Å²) in [7, 11) is 0. The van der Waals surface area contributed by atoms with Crippen molar-refractivity contribution in [2.45, 2.75) is 0 Å². The number of nitrogens with zero attached hydrogens (tertiary/aromatic N) is 1. The third kappa shape index (κ3) is 1.10. The highest BCUT2D eigenvalue weighted by Crippen LogP contribution is 2.45. The third-order valence-corrected chi connectivity index (χ3v) is 3.38. The molecular formula is C15H11NO. The van der Waals surface area contributed by atoms with E-state index in [1.165, 1.54) is 28.1 Å². The molecule has 0 amide bonds. The van der Waals surface area contributed by atoms with Gasteiger partial charge >= 0.3 is 0 Å². The minimum atomic E-state index is 0.612. The molecule has 0 spiro atoms. The Hall–Kier alpha value is -2.22. The van der Waals surface area contributed by atoms with Crippen LogP contribution in [0, 0.1) is 0 Å². The first-order valence-corrected chi connectivity index (χ1v) is 5.73. The second-order valence-electron chi connectivity index (χ2n) is 4.29. The van der Waals surface area contributed by atoms with E-state index < -0.39 is 0 Å². The Morgan fingerprint density at radius 1 is 0.824 bits per heavy atom. The molecule has 0 unspecified atom stereocenters. The number of fused-ring (bicyclic) bond motifs is 6. The largest absolute Gasteiger partial charge is 0.478 e. The Kier molecular flexibility index (Phi) is 1.64. The Morgan fingerprint density at radius 2 is 1.53 bits per heavy atom. The molecule has 0 aliphatic carbocycles. The quantitative estimate of drug-likeness (QED) is 0.675. The SMILES string of the molecule is C1=C2c3ccccc3-c3ccccc3N2CO1. The van der Waals surface area contributed by atoms with Crippen molar-refractivity contribution >= 4 is 11.4 Å². The molecule has 0 bridgehead atoms. The number of benzene rings is 2. The molecule has 2 aliphatic heterocycles. The van der Waals surface area contributed by atoms with Crippen molar-refractivity contribution in [1.82, 2.24) is 0 Å². The topological polar surface area (TPSA) is 12.5 Å². The first-order valence-electron chi connectivity index (χ1n) is 5.73. The maximum atomic E-state index is 5.47. The zero-order valence-electron chi connectivity index (χ0n) is 9.26. The fourth-order valence-electron chi connectivity index (χ4n) is 2.61. The highest BCUT2D eigenvalue weighted by Gasteiger charge is 2.29. The van der Waals surface area contributed by atoms with Crippen molar-refractivity contribution in [3.63, 3.8) is 0 Å². The van der Waals surface area contributed by atoms with Gasteiger partial charge in [-0.1, -0.05) is 42.5 Å². The number of hydrogen-bond acceptors (Lipinski definition) is 2. The highest BCUT2D eigenvalue weighted by atomic mass is 16.5. The lowest BCUT2D eigenvalue weighted by atomic mass is 9.92. The van der Waals surface area contributed by atoms with E-state index in [-0.39, 0.29) is 0 Å². The van der Waals surface area contributed by atoms with Crippen LogP contribution in [0.1, 0.15) is 5.56 Å². The van der Waals surface area contributed by atoms with Crippen molar-refractivity contribution in [3.8, 4) is 11.1 Å². The van der Waals surface area contributed by atoms with E-state index in [1.54, 1.807) is 0 Å². The van der Waals surface area contributed by atoms with E-state index in [4.69, 9.17) is 4.74 Å². The van der Waals surface area contributed by atoms with Crippen LogP contribution in [0.5, 0.6) is 0 Å². The molecule has 0 aromatic heterocycles. The Bertz CT molecular complexity index is 630. The van der Waals surface area contributed by atoms with E-state index >= 15 is 0 Å². The van der Waals surface area contributed by atoms with Gasteiger partial charge < -0.3 is 9.64 Å². The molecule has 2 aromatic carbocycles. The molecule has 0 saturated heterocycles. The first-order chi connectivity index (χ1) is 8.45. The van der Waals surface area contributed by atoms with Crippen LogP contribution in [0.25, 0.3) is 16.8 Å². The van der Waals surface area contributed by atoms with E-state index in [0.717, 1.165) is 0 Å². The van der Waals surface area contributed by atoms with Crippen molar-refractivity contribution in [3.05, 3.63) is 60.4 Å². The molecule has 82 valence electrons. The number of ether oxygens (including phenoxy) is 1. The molecule has 2 heterocycles. The fraction of sp³-hybridized carbons (Fsp3) is 0.0667. The molecule has 0 radical (unpaired) electrons. The summed E-state index contributed by atoms with van der Waals surface area (Å²) in [6.07, 6.45) is 1.86. The first kappa shape index (κ1) is 8.88. The van der Waals surface area contributed by atoms with Gasteiger partial charge in [-0.3, -0.25) is 0 Å².